The first-order chi connectivity index (χ1) is 14.8. The monoisotopic (exact) mass is 396 g/mol. The van der Waals surface area contributed by atoms with Crippen LogP contribution in [0.4, 0.5) is 10.5 Å². The Morgan fingerprint density at radius 2 is 1.80 bits per heavy atom. The van der Waals surface area contributed by atoms with Crippen molar-refractivity contribution in [2.75, 3.05) is 5.32 Å². The van der Waals surface area contributed by atoms with Gasteiger partial charge in [0.1, 0.15) is 5.82 Å². The molecule has 5 heteroatoms. The van der Waals surface area contributed by atoms with Crippen LogP contribution >= 0.6 is 0 Å². The Balaban J connectivity index is 1.32. The highest BCUT2D eigenvalue weighted by molar-refractivity contribution is 5.94. The summed E-state index contributed by atoms with van der Waals surface area (Å²) in [6.45, 7) is 1.48. The number of carbonyl (C=O) groups excluding carboxylic acids is 1. The SMILES string of the molecule is O=C(NCc1cccc2ccccc12)Nc1ccccc1-c1cn2c(n1)CCCC2. The van der Waals surface area contributed by atoms with Crippen LogP contribution < -0.4 is 10.6 Å². The van der Waals surface area contributed by atoms with Crippen molar-refractivity contribution in [3.8, 4) is 11.3 Å². The zero-order valence-electron chi connectivity index (χ0n) is 16.8. The third-order valence-electron chi connectivity index (χ3n) is 5.68. The molecule has 0 fully saturated rings. The minimum absolute atomic E-state index is 0.223. The molecule has 0 radical (unpaired) electrons. The lowest BCUT2D eigenvalue weighted by Crippen LogP contribution is -2.28. The van der Waals surface area contributed by atoms with Gasteiger partial charge < -0.3 is 15.2 Å². The fourth-order valence-electron chi connectivity index (χ4n) is 4.15. The number of fused-ring (bicyclic) bond motifs is 2. The van der Waals surface area contributed by atoms with Crippen LogP contribution in [0.5, 0.6) is 0 Å². The van der Waals surface area contributed by atoms with E-state index in [1.165, 1.54) is 18.2 Å². The Morgan fingerprint density at radius 1 is 0.967 bits per heavy atom. The lowest BCUT2D eigenvalue weighted by Gasteiger charge is -2.12. The number of aromatic nitrogens is 2. The van der Waals surface area contributed by atoms with E-state index >= 15 is 0 Å². The first-order valence-electron chi connectivity index (χ1n) is 10.4. The molecule has 2 amide bonds. The van der Waals surface area contributed by atoms with E-state index in [1.807, 2.05) is 48.5 Å². The Morgan fingerprint density at radius 3 is 2.73 bits per heavy atom. The Kier molecular flexibility index (Phi) is 4.93. The Hall–Kier alpha value is -3.60. The van der Waals surface area contributed by atoms with Crippen LogP contribution in [0.15, 0.2) is 72.9 Å². The van der Waals surface area contributed by atoms with E-state index in [9.17, 15) is 4.79 Å². The smallest absolute Gasteiger partial charge is 0.319 e. The molecule has 1 aliphatic heterocycles. The summed E-state index contributed by atoms with van der Waals surface area (Å²) in [4.78, 5) is 17.5. The van der Waals surface area contributed by atoms with Gasteiger partial charge in [0.25, 0.3) is 0 Å². The summed E-state index contributed by atoms with van der Waals surface area (Å²) in [5.74, 6) is 1.13. The standard InChI is InChI=1S/C25H24N4O/c30-25(26-16-19-10-7-9-18-8-1-2-11-20(18)19)28-22-13-4-3-12-21(22)23-17-29-15-6-5-14-24(29)27-23/h1-4,7-13,17H,5-6,14-16H2,(H2,26,28,30). The summed E-state index contributed by atoms with van der Waals surface area (Å²) in [6, 6.07) is 22.0. The number of amides is 2. The van der Waals surface area contributed by atoms with E-state index < -0.39 is 0 Å². The number of urea groups is 1. The number of nitrogens with one attached hydrogen (secondary N) is 2. The molecular weight excluding hydrogens is 372 g/mol. The summed E-state index contributed by atoms with van der Waals surface area (Å²) in [5.41, 5.74) is 3.72. The molecule has 0 bridgehead atoms. The van der Waals surface area contributed by atoms with Crippen LogP contribution in [0.2, 0.25) is 0 Å². The zero-order chi connectivity index (χ0) is 20.3. The first-order valence-corrected chi connectivity index (χ1v) is 10.4. The van der Waals surface area contributed by atoms with Gasteiger partial charge in [-0.1, -0.05) is 60.7 Å². The van der Waals surface area contributed by atoms with Gasteiger partial charge in [0.2, 0.25) is 0 Å². The summed E-state index contributed by atoms with van der Waals surface area (Å²) in [6.07, 6.45) is 5.50. The number of para-hydroxylation sites is 1. The predicted octanol–water partition coefficient (Wildman–Crippen LogP) is 5.36. The molecule has 0 atom stereocenters. The summed E-state index contributed by atoms with van der Waals surface area (Å²) in [7, 11) is 0. The van der Waals surface area contributed by atoms with Crippen LogP contribution in [0.1, 0.15) is 24.2 Å². The molecule has 3 aromatic carbocycles. The van der Waals surface area contributed by atoms with Gasteiger partial charge in [0.15, 0.2) is 0 Å². The van der Waals surface area contributed by atoms with E-state index in [4.69, 9.17) is 4.98 Å². The first kappa shape index (κ1) is 18.4. The van der Waals surface area contributed by atoms with Gasteiger partial charge in [-0.25, -0.2) is 9.78 Å². The molecule has 0 aliphatic carbocycles. The quantitative estimate of drug-likeness (QED) is 0.488. The van der Waals surface area contributed by atoms with Crippen molar-refractivity contribution >= 4 is 22.5 Å². The molecule has 30 heavy (non-hydrogen) atoms. The van der Waals surface area contributed by atoms with Crippen molar-refractivity contribution in [2.45, 2.75) is 32.4 Å². The van der Waals surface area contributed by atoms with Crippen molar-refractivity contribution in [1.82, 2.24) is 14.9 Å². The van der Waals surface area contributed by atoms with Crippen molar-refractivity contribution in [3.63, 3.8) is 0 Å². The molecule has 4 aromatic rings. The van der Waals surface area contributed by atoms with Gasteiger partial charge in [-0.15, -0.1) is 0 Å². The molecule has 0 saturated carbocycles. The largest absolute Gasteiger partial charge is 0.334 e. The maximum atomic E-state index is 12.7. The average Bonchev–Trinajstić information content (AvgIpc) is 3.22. The van der Waals surface area contributed by atoms with E-state index in [0.29, 0.717) is 6.54 Å². The van der Waals surface area contributed by atoms with Crippen molar-refractivity contribution < 1.29 is 4.79 Å². The number of hydrogen-bond acceptors (Lipinski definition) is 2. The zero-order valence-corrected chi connectivity index (χ0v) is 16.8. The summed E-state index contributed by atoms with van der Waals surface area (Å²) in [5, 5.41) is 8.33. The number of aryl methyl sites for hydroxylation is 2. The molecule has 0 unspecified atom stereocenters. The second-order valence-electron chi connectivity index (χ2n) is 7.68. The second-order valence-corrected chi connectivity index (χ2v) is 7.68. The molecule has 150 valence electrons. The van der Waals surface area contributed by atoms with E-state index in [-0.39, 0.29) is 6.03 Å². The number of imidazole rings is 1. The van der Waals surface area contributed by atoms with E-state index in [2.05, 4.69) is 39.6 Å². The van der Waals surface area contributed by atoms with E-state index in [1.54, 1.807) is 0 Å². The highest BCUT2D eigenvalue weighted by Gasteiger charge is 2.16. The fraction of sp³-hybridized carbons (Fsp3) is 0.200. The molecule has 5 nitrogen and oxygen atoms in total. The van der Waals surface area contributed by atoms with Gasteiger partial charge in [-0.05, 0) is 35.2 Å². The van der Waals surface area contributed by atoms with Gasteiger partial charge in [-0.2, -0.15) is 0 Å². The van der Waals surface area contributed by atoms with Crippen LogP contribution in [0, 0.1) is 0 Å². The predicted molar refractivity (Wildman–Crippen MR) is 120 cm³/mol. The molecule has 5 rings (SSSR count). The average molecular weight is 396 g/mol. The number of hydrogen-bond donors (Lipinski definition) is 2. The lowest BCUT2D eigenvalue weighted by atomic mass is 10.0. The van der Waals surface area contributed by atoms with Gasteiger partial charge in [0, 0.05) is 31.3 Å². The lowest BCUT2D eigenvalue weighted by molar-refractivity contribution is 0.252. The minimum atomic E-state index is -0.223. The molecule has 2 N–H and O–H groups in total. The van der Waals surface area contributed by atoms with Crippen molar-refractivity contribution in [3.05, 3.63) is 84.3 Å². The molecule has 0 spiro atoms. The molecule has 1 aromatic heterocycles. The maximum absolute atomic E-state index is 12.7. The van der Waals surface area contributed by atoms with Crippen molar-refractivity contribution in [2.24, 2.45) is 0 Å². The third-order valence-corrected chi connectivity index (χ3v) is 5.68. The number of carbonyl (C=O) groups is 1. The second kappa shape index (κ2) is 8.03. The highest BCUT2D eigenvalue weighted by Crippen LogP contribution is 2.29. The van der Waals surface area contributed by atoms with Crippen LogP contribution in [-0.2, 0) is 19.5 Å². The van der Waals surface area contributed by atoms with Crippen LogP contribution in [-0.4, -0.2) is 15.6 Å². The van der Waals surface area contributed by atoms with Gasteiger partial charge >= 0.3 is 6.03 Å². The topological polar surface area (TPSA) is 59.0 Å². The number of benzene rings is 3. The fourth-order valence-corrected chi connectivity index (χ4v) is 4.15. The summed E-state index contributed by atoms with van der Waals surface area (Å²) < 4.78 is 2.23. The molecule has 2 heterocycles. The third kappa shape index (κ3) is 3.66. The normalized spacial score (nSPS) is 13.1. The molecule has 0 saturated heterocycles. The van der Waals surface area contributed by atoms with Crippen LogP contribution in [0.3, 0.4) is 0 Å². The maximum Gasteiger partial charge on any atom is 0.319 e. The number of nitrogens with zero attached hydrogens (tertiary/aromatic N) is 2. The number of rotatable bonds is 4. The Labute approximate surface area is 175 Å². The van der Waals surface area contributed by atoms with E-state index in [0.717, 1.165) is 46.7 Å². The van der Waals surface area contributed by atoms with Crippen LogP contribution in [0.25, 0.3) is 22.0 Å². The molecular formula is C25H24N4O. The van der Waals surface area contributed by atoms with Gasteiger partial charge in [-0.3, -0.25) is 0 Å². The number of anilines is 1. The minimum Gasteiger partial charge on any atom is -0.334 e. The highest BCUT2D eigenvalue weighted by atomic mass is 16.2. The van der Waals surface area contributed by atoms with Gasteiger partial charge in [0.05, 0.1) is 11.4 Å². The van der Waals surface area contributed by atoms with Crippen molar-refractivity contribution in [1.29, 1.82) is 0 Å². The molecule has 1 aliphatic rings. The summed E-state index contributed by atoms with van der Waals surface area (Å²) >= 11 is 0. The Bertz CT molecular complexity index is 1180.